The van der Waals surface area contributed by atoms with Gasteiger partial charge >= 0.3 is 0 Å². The van der Waals surface area contributed by atoms with Crippen LogP contribution in [0.3, 0.4) is 0 Å². The molecule has 2 nitrogen and oxygen atoms in total. The second-order valence-corrected chi connectivity index (χ2v) is 6.64. The molecule has 0 bridgehead atoms. The minimum Gasteiger partial charge on any atom is -0.501 e. The zero-order chi connectivity index (χ0) is 15.9. The van der Waals surface area contributed by atoms with Crippen LogP contribution in [0, 0.1) is 11.8 Å². The van der Waals surface area contributed by atoms with Gasteiger partial charge in [-0.3, -0.25) is 0 Å². The molecule has 2 aliphatic rings. The standard InChI is InChI=1S/2C10H18O/c2*1-2-8-11-9-10-6-4-3-5-7-10/h2,8,10H,3-7,9H2,1H3;2,10H,1,3-9H2/b8-2+;. The molecule has 0 aromatic rings. The lowest BCUT2D eigenvalue weighted by molar-refractivity contribution is 0.106. The summed E-state index contributed by atoms with van der Waals surface area (Å²) >= 11 is 0. The van der Waals surface area contributed by atoms with Crippen molar-refractivity contribution in [2.75, 3.05) is 19.8 Å². The summed E-state index contributed by atoms with van der Waals surface area (Å²) in [6.07, 6.45) is 19.5. The molecule has 22 heavy (non-hydrogen) atoms. The molecule has 0 atom stereocenters. The molecule has 0 aliphatic heterocycles. The Labute approximate surface area is 138 Å². The van der Waals surface area contributed by atoms with Gasteiger partial charge in [0.25, 0.3) is 0 Å². The highest BCUT2D eigenvalue weighted by Crippen LogP contribution is 2.24. The van der Waals surface area contributed by atoms with Crippen molar-refractivity contribution < 1.29 is 9.47 Å². The van der Waals surface area contributed by atoms with Gasteiger partial charge in [-0.1, -0.05) is 50.7 Å². The minimum absolute atomic E-state index is 0.719. The van der Waals surface area contributed by atoms with E-state index in [1.807, 2.05) is 19.1 Å². The molecule has 0 radical (unpaired) electrons. The zero-order valence-corrected chi connectivity index (χ0v) is 14.6. The molecule has 0 saturated heterocycles. The summed E-state index contributed by atoms with van der Waals surface area (Å²) in [7, 11) is 0. The average Bonchev–Trinajstić information content (AvgIpc) is 2.58. The van der Waals surface area contributed by atoms with Gasteiger partial charge in [-0.15, -0.1) is 6.58 Å². The summed E-state index contributed by atoms with van der Waals surface area (Å²) in [6.45, 7) is 8.21. The second-order valence-electron chi connectivity index (χ2n) is 6.64. The molecule has 2 aliphatic carbocycles. The monoisotopic (exact) mass is 308 g/mol. The number of hydrogen-bond acceptors (Lipinski definition) is 2. The molecule has 2 fully saturated rings. The van der Waals surface area contributed by atoms with Gasteiger partial charge in [0.05, 0.1) is 19.5 Å². The topological polar surface area (TPSA) is 18.5 Å². The predicted molar refractivity (Wildman–Crippen MR) is 94.9 cm³/mol. The predicted octanol–water partition coefficient (Wildman–Crippen LogP) is 5.89. The fourth-order valence-electron chi connectivity index (χ4n) is 3.31. The molecule has 0 N–H and O–H groups in total. The SMILES string of the molecule is C/C=C/OCC1CCCCC1.C=CCOCC1CCCCC1. The van der Waals surface area contributed by atoms with E-state index in [0.29, 0.717) is 0 Å². The molecule has 2 saturated carbocycles. The first kappa shape index (κ1) is 19.3. The molecule has 2 rings (SSSR count). The van der Waals surface area contributed by atoms with E-state index in [4.69, 9.17) is 9.47 Å². The molecule has 0 amide bonds. The number of rotatable bonds is 7. The smallest absolute Gasteiger partial charge is 0.0901 e. The molecular formula is C20H36O2. The van der Waals surface area contributed by atoms with Crippen LogP contribution in [0.25, 0.3) is 0 Å². The number of allylic oxidation sites excluding steroid dienone is 1. The molecular weight excluding hydrogens is 272 g/mol. The summed E-state index contributed by atoms with van der Waals surface area (Å²) in [5, 5.41) is 0. The normalized spacial score (nSPS) is 20.4. The number of ether oxygens (including phenoxy) is 2. The quantitative estimate of drug-likeness (QED) is 0.332. The molecule has 128 valence electrons. The Morgan fingerprint density at radius 2 is 1.41 bits per heavy atom. The highest BCUT2D eigenvalue weighted by molar-refractivity contribution is 4.69. The van der Waals surface area contributed by atoms with E-state index in [2.05, 4.69) is 6.58 Å². The first-order valence-electron chi connectivity index (χ1n) is 9.28. The van der Waals surface area contributed by atoms with E-state index in [1.54, 1.807) is 6.26 Å². The van der Waals surface area contributed by atoms with Gasteiger partial charge in [0.2, 0.25) is 0 Å². The Balaban J connectivity index is 0.000000220. The molecule has 0 unspecified atom stereocenters. The van der Waals surface area contributed by atoms with Crippen molar-refractivity contribution in [3.05, 3.63) is 25.0 Å². The fourth-order valence-corrected chi connectivity index (χ4v) is 3.31. The van der Waals surface area contributed by atoms with Gasteiger partial charge in [-0.25, -0.2) is 0 Å². The van der Waals surface area contributed by atoms with E-state index in [0.717, 1.165) is 31.7 Å². The van der Waals surface area contributed by atoms with Gasteiger partial charge in [0.1, 0.15) is 0 Å². The molecule has 0 aromatic heterocycles. The van der Waals surface area contributed by atoms with E-state index in [9.17, 15) is 0 Å². The van der Waals surface area contributed by atoms with Crippen LogP contribution >= 0.6 is 0 Å². The molecule has 0 aromatic carbocycles. The van der Waals surface area contributed by atoms with Gasteiger partial charge < -0.3 is 9.47 Å². The van der Waals surface area contributed by atoms with Crippen molar-refractivity contribution in [1.82, 2.24) is 0 Å². The maximum atomic E-state index is 5.40. The van der Waals surface area contributed by atoms with Gasteiger partial charge in [0.15, 0.2) is 0 Å². The van der Waals surface area contributed by atoms with Crippen molar-refractivity contribution in [3.8, 4) is 0 Å². The van der Waals surface area contributed by atoms with E-state index >= 15 is 0 Å². The van der Waals surface area contributed by atoms with Crippen LogP contribution in [-0.4, -0.2) is 19.8 Å². The first-order chi connectivity index (χ1) is 10.9. The Morgan fingerprint density at radius 1 is 0.864 bits per heavy atom. The van der Waals surface area contributed by atoms with Crippen LogP contribution in [0.2, 0.25) is 0 Å². The summed E-state index contributed by atoms with van der Waals surface area (Å²) in [6, 6.07) is 0. The van der Waals surface area contributed by atoms with Crippen molar-refractivity contribution in [1.29, 1.82) is 0 Å². The minimum atomic E-state index is 0.719. The molecule has 0 spiro atoms. The highest BCUT2D eigenvalue weighted by Gasteiger charge is 2.13. The van der Waals surface area contributed by atoms with Crippen LogP contribution in [0.5, 0.6) is 0 Å². The van der Waals surface area contributed by atoms with Crippen LogP contribution in [0.15, 0.2) is 25.0 Å². The van der Waals surface area contributed by atoms with Crippen molar-refractivity contribution in [3.63, 3.8) is 0 Å². The summed E-state index contributed by atoms with van der Waals surface area (Å²) in [5.41, 5.74) is 0. The summed E-state index contributed by atoms with van der Waals surface area (Å²) in [5.74, 6) is 1.67. The Kier molecular flexibility index (Phi) is 12.2. The fraction of sp³-hybridized carbons (Fsp3) is 0.800. The lowest BCUT2D eigenvalue weighted by atomic mass is 9.90. The largest absolute Gasteiger partial charge is 0.501 e. The van der Waals surface area contributed by atoms with Gasteiger partial charge in [-0.05, 0) is 44.4 Å². The third-order valence-electron chi connectivity index (χ3n) is 4.60. The van der Waals surface area contributed by atoms with Crippen LogP contribution in [0.4, 0.5) is 0 Å². The van der Waals surface area contributed by atoms with Crippen molar-refractivity contribution >= 4 is 0 Å². The second kappa shape index (κ2) is 13.9. The molecule has 2 heteroatoms. The summed E-state index contributed by atoms with van der Waals surface area (Å²) < 4.78 is 10.7. The Bertz CT molecular complexity index is 273. The maximum absolute atomic E-state index is 5.40. The first-order valence-corrected chi connectivity index (χ1v) is 9.28. The lowest BCUT2D eigenvalue weighted by Crippen LogP contribution is -2.13. The van der Waals surface area contributed by atoms with Crippen LogP contribution < -0.4 is 0 Å². The maximum Gasteiger partial charge on any atom is 0.0901 e. The third-order valence-corrected chi connectivity index (χ3v) is 4.60. The Morgan fingerprint density at radius 3 is 1.91 bits per heavy atom. The average molecular weight is 309 g/mol. The van der Waals surface area contributed by atoms with Crippen LogP contribution in [0.1, 0.15) is 71.1 Å². The third kappa shape index (κ3) is 10.0. The Hall–Kier alpha value is -0.760. The van der Waals surface area contributed by atoms with Crippen LogP contribution in [-0.2, 0) is 9.47 Å². The van der Waals surface area contributed by atoms with Gasteiger partial charge in [0, 0.05) is 6.61 Å². The van der Waals surface area contributed by atoms with E-state index in [1.165, 1.54) is 64.2 Å². The van der Waals surface area contributed by atoms with Crippen molar-refractivity contribution in [2.45, 2.75) is 71.1 Å². The molecule has 0 heterocycles. The van der Waals surface area contributed by atoms with Crippen molar-refractivity contribution in [2.24, 2.45) is 11.8 Å². The zero-order valence-electron chi connectivity index (χ0n) is 14.6. The highest BCUT2D eigenvalue weighted by atomic mass is 16.5. The van der Waals surface area contributed by atoms with Gasteiger partial charge in [-0.2, -0.15) is 0 Å². The lowest BCUT2D eigenvalue weighted by Gasteiger charge is -2.20. The van der Waals surface area contributed by atoms with E-state index in [-0.39, 0.29) is 0 Å². The van der Waals surface area contributed by atoms with E-state index < -0.39 is 0 Å². The summed E-state index contributed by atoms with van der Waals surface area (Å²) in [4.78, 5) is 0. The number of hydrogen-bond donors (Lipinski definition) is 0.